The standard InChI is InChI=1S/C13H18N4/c1-16(12-6-3-2-4-7-12)9-5-10-17-11-8-13(14)15-17/h2-4,6-8,11H,5,9-10H2,1H3,(H2,14,15). The van der Waals surface area contributed by atoms with Crippen molar-refractivity contribution in [3.8, 4) is 0 Å². The molecule has 90 valence electrons. The fourth-order valence-electron chi connectivity index (χ4n) is 1.78. The fraction of sp³-hybridized carbons (Fsp3) is 0.308. The second-order valence-electron chi connectivity index (χ2n) is 4.11. The topological polar surface area (TPSA) is 47.1 Å². The predicted molar refractivity (Wildman–Crippen MR) is 71.0 cm³/mol. The molecule has 0 bridgehead atoms. The normalized spacial score (nSPS) is 10.4. The van der Waals surface area contributed by atoms with Crippen LogP contribution in [0.4, 0.5) is 11.5 Å². The van der Waals surface area contributed by atoms with Crippen molar-refractivity contribution in [3.63, 3.8) is 0 Å². The number of nitrogens with zero attached hydrogens (tertiary/aromatic N) is 3. The first-order chi connectivity index (χ1) is 8.25. The van der Waals surface area contributed by atoms with Crippen molar-refractivity contribution in [2.75, 3.05) is 24.2 Å². The maximum absolute atomic E-state index is 5.56. The van der Waals surface area contributed by atoms with Crippen LogP contribution in [0.15, 0.2) is 42.6 Å². The number of hydrogen-bond donors (Lipinski definition) is 1. The second-order valence-corrected chi connectivity index (χ2v) is 4.11. The summed E-state index contributed by atoms with van der Waals surface area (Å²) in [6.07, 6.45) is 2.96. The lowest BCUT2D eigenvalue weighted by Crippen LogP contribution is -2.19. The van der Waals surface area contributed by atoms with Crippen LogP contribution in [0.3, 0.4) is 0 Å². The lowest BCUT2D eigenvalue weighted by Gasteiger charge is -2.18. The molecule has 1 aromatic heterocycles. The van der Waals surface area contributed by atoms with Crippen LogP contribution in [0.1, 0.15) is 6.42 Å². The van der Waals surface area contributed by atoms with E-state index < -0.39 is 0 Å². The molecule has 2 N–H and O–H groups in total. The third-order valence-corrected chi connectivity index (χ3v) is 2.74. The Hall–Kier alpha value is -1.97. The zero-order chi connectivity index (χ0) is 12.1. The minimum absolute atomic E-state index is 0.585. The highest BCUT2D eigenvalue weighted by Gasteiger charge is 2.00. The van der Waals surface area contributed by atoms with Gasteiger partial charge in [-0.05, 0) is 24.6 Å². The average Bonchev–Trinajstić information content (AvgIpc) is 2.76. The Morgan fingerprint density at radius 2 is 2.00 bits per heavy atom. The van der Waals surface area contributed by atoms with E-state index in [0.29, 0.717) is 5.82 Å². The number of rotatable bonds is 5. The Bertz CT molecular complexity index is 449. The van der Waals surface area contributed by atoms with Gasteiger partial charge in [0.15, 0.2) is 0 Å². The summed E-state index contributed by atoms with van der Waals surface area (Å²) in [5, 5.41) is 4.16. The summed E-state index contributed by atoms with van der Waals surface area (Å²) in [6.45, 7) is 1.90. The van der Waals surface area contributed by atoms with E-state index in [9.17, 15) is 0 Å². The molecule has 0 aliphatic carbocycles. The Kier molecular flexibility index (Phi) is 3.65. The molecule has 0 atom stereocenters. The average molecular weight is 230 g/mol. The predicted octanol–water partition coefficient (Wildman–Crippen LogP) is 1.99. The Morgan fingerprint density at radius 3 is 2.65 bits per heavy atom. The molecule has 0 spiro atoms. The molecule has 0 saturated heterocycles. The van der Waals surface area contributed by atoms with Gasteiger partial charge in [-0.3, -0.25) is 4.68 Å². The fourth-order valence-corrected chi connectivity index (χ4v) is 1.78. The highest BCUT2D eigenvalue weighted by atomic mass is 15.3. The molecular formula is C13H18N4. The van der Waals surface area contributed by atoms with Gasteiger partial charge >= 0.3 is 0 Å². The van der Waals surface area contributed by atoms with Crippen LogP contribution < -0.4 is 10.6 Å². The van der Waals surface area contributed by atoms with Crippen molar-refractivity contribution in [2.24, 2.45) is 0 Å². The quantitative estimate of drug-likeness (QED) is 0.854. The number of hydrogen-bond acceptors (Lipinski definition) is 3. The van der Waals surface area contributed by atoms with Crippen molar-refractivity contribution < 1.29 is 0 Å². The van der Waals surface area contributed by atoms with Crippen molar-refractivity contribution >= 4 is 11.5 Å². The molecule has 0 amide bonds. The number of nitrogen functional groups attached to an aromatic ring is 1. The van der Waals surface area contributed by atoms with Gasteiger partial charge in [0, 0.05) is 32.0 Å². The van der Waals surface area contributed by atoms with Gasteiger partial charge in [0.05, 0.1) is 0 Å². The summed E-state index contributed by atoms with van der Waals surface area (Å²) in [6, 6.07) is 12.2. The third-order valence-electron chi connectivity index (χ3n) is 2.74. The van der Waals surface area contributed by atoms with Crippen molar-refractivity contribution in [1.29, 1.82) is 0 Å². The van der Waals surface area contributed by atoms with Crippen LogP contribution in [0.5, 0.6) is 0 Å². The molecule has 2 aromatic rings. The molecule has 4 nitrogen and oxygen atoms in total. The SMILES string of the molecule is CN(CCCn1ccc(N)n1)c1ccccc1. The third kappa shape index (κ3) is 3.24. The summed E-state index contributed by atoms with van der Waals surface area (Å²) in [4.78, 5) is 2.24. The molecule has 0 saturated carbocycles. The zero-order valence-corrected chi connectivity index (χ0v) is 10.1. The molecule has 0 radical (unpaired) electrons. The summed E-state index contributed by atoms with van der Waals surface area (Å²) in [5.41, 5.74) is 6.80. The monoisotopic (exact) mass is 230 g/mol. The number of anilines is 2. The summed E-state index contributed by atoms with van der Waals surface area (Å²) >= 11 is 0. The molecule has 17 heavy (non-hydrogen) atoms. The van der Waals surface area contributed by atoms with Crippen LogP contribution in [0.2, 0.25) is 0 Å². The van der Waals surface area contributed by atoms with Gasteiger partial charge in [-0.25, -0.2) is 0 Å². The van der Waals surface area contributed by atoms with Crippen LogP contribution in [0, 0.1) is 0 Å². The number of benzene rings is 1. The Morgan fingerprint density at radius 1 is 1.24 bits per heavy atom. The highest BCUT2D eigenvalue weighted by molar-refractivity contribution is 5.44. The minimum Gasteiger partial charge on any atom is -0.382 e. The molecule has 0 aliphatic rings. The van der Waals surface area contributed by atoms with E-state index in [1.165, 1.54) is 5.69 Å². The molecule has 4 heteroatoms. The van der Waals surface area contributed by atoms with E-state index in [4.69, 9.17) is 5.73 Å². The van der Waals surface area contributed by atoms with Gasteiger partial charge in [0.1, 0.15) is 5.82 Å². The lowest BCUT2D eigenvalue weighted by atomic mass is 10.3. The number of nitrogens with two attached hydrogens (primary N) is 1. The van der Waals surface area contributed by atoms with Gasteiger partial charge in [-0.15, -0.1) is 0 Å². The van der Waals surface area contributed by atoms with Crippen LogP contribution in [0.25, 0.3) is 0 Å². The van der Waals surface area contributed by atoms with Crippen molar-refractivity contribution in [3.05, 3.63) is 42.6 Å². The highest BCUT2D eigenvalue weighted by Crippen LogP contribution is 2.11. The van der Waals surface area contributed by atoms with E-state index in [-0.39, 0.29) is 0 Å². The van der Waals surface area contributed by atoms with Gasteiger partial charge in [-0.2, -0.15) is 5.10 Å². The first-order valence-electron chi connectivity index (χ1n) is 5.81. The Balaban J connectivity index is 1.79. The molecule has 2 rings (SSSR count). The maximum atomic E-state index is 5.56. The van der Waals surface area contributed by atoms with E-state index in [2.05, 4.69) is 41.3 Å². The van der Waals surface area contributed by atoms with Gasteiger partial charge in [0.2, 0.25) is 0 Å². The first kappa shape index (κ1) is 11.5. The lowest BCUT2D eigenvalue weighted by molar-refractivity contribution is 0.580. The smallest absolute Gasteiger partial charge is 0.145 e. The van der Waals surface area contributed by atoms with Gasteiger partial charge in [-0.1, -0.05) is 18.2 Å². The van der Waals surface area contributed by atoms with Crippen molar-refractivity contribution in [2.45, 2.75) is 13.0 Å². The summed E-state index contributed by atoms with van der Waals surface area (Å²) < 4.78 is 1.88. The van der Waals surface area contributed by atoms with E-state index in [1.807, 2.05) is 23.0 Å². The molecule has 0 aliphatic heterocycles. The number of aromatic nitrogens is 2. The molecule has 1 heterocycles. The minimum atomic E-state index is 0.585. The number of aryl methyl sites for hydroxylation is 1. The van der Waals surface area contributed by atoms with Gasteiger partial charge in [0.25, 0.3) is 0 Å². The first-order valence-corrected chi connectivity index (χ1v) is 5.81. The van der Waals surface area contributed by atoms with Crippen LogP contribution in [-0.2, 0) is 6.54 Å². The molecular weight excluding hydrogens is 212 g/mol. The molecule has 0 fully saturated rings. The zero-order valence-electron chi connectivity index (χ0n) is 10.1. The molecule has 0 unspecified atom stereocenters. The van der Waals surface area contributed by atoms with Gasteiger partial charge < -0.3 is 10.6 Å². The summed E-state index contributed by atoms with van der Waals surface area (Å²) in [5.74, 6) is 0.585. The number of para-hydroxylation sites is 1. The Labute approximate surface area is 102 Å². The largest absolute Gasteiger partial charge is 0.382 e. The van der Waals surface area contributed by atoms with Crippen molar-refractivity contribution in [1.82, 2.24) is 9.78 Å². The van der Waals surface area contributed by atoms with E-state index in [1.54, 1.807) is 0 Å². The van der Waals surface area contributed by atoms with Crippen LogP contribution >= 0.6 is 0 Å². The van der Waals surface area contributed by atoms with Crippen LogP contribution in [-0.4, -0.2) is 23.4 Å². The summed E-state index contributed by atoms with van der Waals surface area (Å²) in [7, 11) is 2.10. The molecule has 1 aromatic carbocycles. The maximum Gasteiger partial charge on any atom is 0.145 e. The second kappa shape index (κ2) is 5.39. The van der Waals surface area contributed by atoms with E-state index >= 15 is 0 Å². The van der Waals surface area contributed by atoms with E-state index in [0.717, 1.165) is 19.5 Å².